The Balaban J connectivity index is 1.47. The number of thiazole rings is 1. The highest BCUT2D eigenvalue weighted by atomic mass is 32.1. The number of hydrogen-bond acceptors (Lipinski definition) is 7. The molecule has 0 spiro atoms. The first-order chi connectivity index (χ1) is 13.0. The molecule has 0 aliphatic carbocycles. The smallest absolute Gasteiger partial charge is 0.327 e. The number of fused-ring (bicyclic) bond motifs is 1. The second-order valence-electron chi connectivity index (χ2n) is 6.27. The molecular weight excluding hydrogens is 373 g/mol. The topological polar surface area (TPSA) is 84.0 Å². The lowest BCUT2D eigenvalue weighted by Crippen LogP contribution is -2.46. The highest BCUT2D eigenvalue weighted by molar-refractivity contribution is 7.15. The van der Waals surface area contributed by atoms with Crippen LogP contribution in [0.25, 0.3) is 4.96 Å². The molecular formula is C17H16FN5O3S. The van der Waals surface area contributed by atoms with Crippen LogP contribution in [-0.2, 0) is 6.54 Å². The summed E-state index contributed by atoms with van der Waals surface area (Å²) in [5.74, 6) is -0.825. The van der Waals surface area contributed by atoms with Crippen LogP contribution in [0.1, 0.15) is 5.69 Å². The van der Waals surface area contributed by atoms with E-state index in [0.717, 1.165) is 6.07 Å². The first-order valence-electron chi connectivity index (χ1n) is 8.39. The van der Waals surface area contributed by atoms with E-state index >= 15 is 0 Å². The van der Waals surface area contributed by atoms with Crippen LogP contribution < -0.4 is 10.5 Å². The average Bonchev–Trinajstić information content (AvgIpc) is 3.11. The molecule has 2 aromatic heterocycles. The molecule has 27 heavy (non-hydrogen) atoms. The summed E-state index contributed by atoms with van der Waals surface area (Å²) in [6.07, 6.45) is 1.70. The van der Waals surface area contributed by atoms with E-state index in [1.807, 2.05) is 10.3 Å². The van der Waals surface area contributed by atoms with E-state index < -0.39 is 16.4 Å². The molecule has 10 heteroatoms. The molecule has 0 N–H and O–H groups in total. The summed E-state index contributed by atoms with van der Waals surface area (Å²) in [6.45, 7) is 2.87. The van der Waals surface area contributed by atoms with E-state index in [2.05, 4.69) is 9.88 Å². The monoisotopic (exact) mass is 389 g/mol. The number of halogens is 1. The second-order valence-corrected chi connectivity index (χ2v) is 7.14. The maximum atomic E-state index is 13.8. The zero-order chi connectivity index (χ0) is 19.0. The van der Waals surface area contributed by atoms with Gasteiger partial charge in [-0.25, -0.2) is 4.98 Å². The van der Waals surface area contributed by atoms with Crippen LogP contribution in [0.4, 0.5) is 15.8 Å². The number of nitrogens with zero attached hydrogens (tertiary/aromatic N) is 5. The van der Waals surface area contributed by atoms with Gasteiger partial charge in [-0.2, -0.15) is 4.39 Å². The molecule has 0 saturated carbocycles. The van der Waals surface area contributed by atoms with Crippen molar-refractivity contribution >= 4 is 27.7 Å². The average molecular weight is 389 g/mol. The quantitative estimate of drug-likeness (QED) is 0.502. The number of benzene rings is 1. The number of nitro groups is 1. The maximum absolute atomic E-state index is 13.8. The molecule has 1 aliphatic heterocycles. The second kappa shape index (κ2) is 7.05. The highest BCUT2D eigenvalue weighted by Gasteiger charge is 2.27. The fourth-order valence-corrected chi connectivity index (χ4v) is 4.02. The lowest BCUT2D eigenvalue weighted by atomic mass is 10.2. The first kappa shape index (κ1) is 17.6. The van der Waals surface area contributed by atoms with Crippen LogP contribution in [0.2, 0.25) is 0 Å². The van der Waals surface area contributed by atoms with Crippen molar-refractivity contribution in [1.82, 2.24) is 14.3 Å². The number of rotatable bonds is 4. The summed E-state index contributed by atoms with van der Waals surface area (Å²) in [5, 5.41) is 13.0. The van der Waals surface area contributed by atoms with Gasteiger partial charge in [0.15, 0.2) is 4.96 Å². The van der Waals surface area contributed by atoms with Crippen molar-refractivity contribution in [2.45, 2.75) is 6.54 Å². The van der Waals surface area contributed by atoms with Gasteiger partial charge < -0.3 is 4.90 Å². The van der Waals surface area contributed by atoms with Gasteiger partial charge >= 0.3 is 5.69 Å². The molecule has 1 aromatic carbocycles. The summed E-state index contributed by atoms with van der Waals surface area (Å²) < 4.78 is 15.4. The van der Waals surface area contributed by atoms with Gasteiger partial charge in [0.05, 0.1) is 10.6 Å². The van der Waals surface area contributed by atoms with Crippen LogP contribution >= 0.6 is 11.3 Å². The standard InChI is InChI=1S/C17H16FN5O3S/c18-13-2-1-3-14(16(13)23(25)26)21-6-4-20(5-7-21)11-12-10-15(24)22-8-9-27-17(22)19-12/h1-3,8-10H,4-7,11H2. The Kier molecular flexibility index (Phi) is 4.58. The van der Waals surface area contributed by atoms with E-state index in [-0.39, 0.29) is 5.56 Å². The van der Waals surface area contributed by atoms with E-state index in [4.69, 9.17) is 0 Å². The number of aromatic nitrogens is 2. The third-order valence-electron chi connectivity index (χ3n) is 4.60. The minimum Gasteiger partial charge on any atom is -0.363 e. The van der Waals surface area contributed by atoms with Gasteiger partial charge in [0, 0.05) is 50.4 Å². The van der Waals surface area contributed by atoms with Gasteiger partial charge in [-0.05, 0) is 12.1 Å². The molecule has 3 heterocycles. The largest absolute Gasteiger partial charge is 0.363 e. The molecule has 1 aliphatic rings. The highest BCUT2D eigenvalue weighted by Crippen LogP contribution is 2.31. The molecule has 0 amide bonds. The number of nitro benzene ring substituents is 1. The summed E-state index contributed by atoms with van der Waals surface area (Å²) in [7, 11) is 0. The van der Waals surface area contributed by atoms with Gasteiger partial charge in [-0.3, -0.25) is 24.2 Å². The maximum Gasteiger partial charge on any atom is 0.327 e. The number of hydrogen-bond donors (Lipinski definition) is 0. The Bertz CT molecular complexity index is 1060. The van der Waals surface area contributed by atoms with E-state index in [9.17, 15) is 19.3 Å². The molecule has 1 fully saturated rings. The third-order valence-corrected chi connectivity index (χ3v) is 5.36. The summed E-state index contributed by atoms with van der Waals surface area (Å²) in [5.41, 5.74) is 0.415. The van der Waals surface area contributed by atoms with Crippen molar-refractivity contribution < 1.29 is 9.31 Å². The van der Waals surface area contributed by atoms with Crippen molar-refractivity contribution in [3.05, 3.63) is 67.8 Å². The normalized spacial score (nSPS) is 15.4. The van der Waals surface area contributed by atoms with Gasteiger partial charge in [-0.15, -0.1) is 11.3 Å². The molecule has 3 aromatic rings. The van der Waals surface area contributed by atoms with Crippen LogP contribution in [0.3, 0.4) is 0 Å². The fraction of sp³-hybridized carbons (Fsp3) is 0.294. The molecule has 1 saturated heterocycles. The molecule has 4 rings (SSSR count). The molecule has 0 radical (unpaired) electrons. The van der Waals surface area contributed by atoms with Crippen molar-refractivity contribution in [1.29, 1.82) is 0 Å². The Morgan fingerprint density at radius 3 is 2.78 bits per heavy atom. The number of piperazine rings is 1. The van der Waals surface area contributed by atoms with Gasteiger partial charge in [0.2, 0.25) is 5.82 Å². The fourth-order valence-electron chi connectivity index (χ4n) is 3.28. The Hall–Kier alpha value is -2.85. The number of anilines is 1. The molecule has 0 bridgehead atoms. The van der Waals surface area contributed by atoms with Crippen LogP contribution in [0.15, 0.2) is 40.6 Å². The third kappa shape index (κ3) is 3.40. The van der Waals surface area contributed by atoms with Crippen LogP contribution in [-0.4, -0.2) is 45.4 Å². The van der Waals surface area contributed by atoms with Gasteiger partial charge in [0.25, 0.3) is 5.56 Å². The lowest BCUT2D eigenvalue weighted by molar-refractivity contribution is -0.386. The minimum absolute atomic E-state index is 0.106. The van der Waals surface area contributed by atoms with Crippen LogP contribution in [0, 0.1) is 15.9 Å². The van der Waals surface area contributed by atoms with E-state index in [1.54, 1.807) is 12.3 Å². The lowest BCUT2D eigenvalue weighted by Gasteiger charge is -2.35. The van der Waals surface area contributed by atoms with E-state index in [1.165, 1.54) is 27.9 Å². The Labute approximate surface area is 157 Å². The van der Waals surface area contributed by atoms with Crippen molar-refractivity contribution in [2.24, 2.45) is 0 Å². The van der Waals surface area contributed by atoms with Gasteiger partial charge in [-0.1, -0.05) is 6.07 Å². The Morgan fingerprint density at radius 2 is 2.04 bits per heavy atom. The number of para-hydroxylation sites is 1. The predicted molar refractivity (Wildman–Crippen MR) is 99.9 cm³/mol. The predicted octanol–water partition coefficient (Wildman–Crippen LogP) is 2.13. The summed E-state index contributed by atoms with van der Waals surface area (Å²) >= 11 is 1.41. The van der Waals surface area contributed by atoms with Crippen molar-refractivity contribution in [3.8, 4) is 0 Å². The SMILES string of the molecule is O=c1cc(CN2CCN(c3cccc(F)c3[N+](=O)[O-])CC2)nc2sccn12. The zero-order valence-corrected chi connectivity index (χ0v) is 15.1. The van der Waals surface area contributed by atoms with E-state index in [0.29, 0.717) is 49.1 Å². The first-order valence-corrected chi connectivity index (χ1v) is 9.27. The zero-order valence-electron chi connectivity index (χ0n) is 14.2. The minimum atomic E-state index is -0.825. The Morgan fingerprint density at radius 1 is 1.26 bits per heavy atom. The molecule has 140 valence electrons. The van der Waals surface area contributed by atoms with Crippen molar-refractivity contribution in [3.63, 3.8) is 0 Å². The van der Waals surface area contributed by atoms with Gasteiger partial charge in [0.1, 0.15) is 5.69 Å². The molecule has 0 atom stereocenters. The van der Waals surface area contributed by atoms with Crippen molar-refractivity contribution in [2.75, 3.05) is 31.1 Å². The molecule has 8 nitrogen and oxygen atoms in total. The summed E-state index contributed by atoms with van der Waals surface area (Å²) in [4.78, 5) is 31.7. The summed E-state index contributed by atoms with van der Waals surface area (Å²) in [6, 6.07) is 5.69. The molecule has 0 unspecified atom stereocenters. The van der Waals surface area contributed by atoms with Crippen LogP contribution in [0.5, 0.6) is 0 Å².